The van der Waals surface area contributed by atoms with Gasteiger partial charge in [-0.2, -0.15) is 5.26 Å². The van der Waals surface area contributed by atoms with Crippen LogP contribution in [0.25, 0.3) is 6.08 Å². The van der Waals surface area contributed by atoms with Crippen molar-refractivity contribution < 1.29 is 19.1 Å². The van der Waals surface area contributed by atoms with Gasteiger partial charge >= 0.3 is 0 Å². The number of carbonyl (C=O) groups is 2. The Balaban J connectivity index is 2.27. The summed E-state index contributed by atoms with van der Waals surface area (Å²) >= 11 is 0. The van der Waals surface area contributed by atoms with Crippen LogP contribution in [-0.2, 0) is 9.59 Å². The average Bonchev–Trinajstić information content (AvgIpc) is 2.67. The largest absolute Gasteiger partial charge is 0.493 e. The second kappa shape index (κ2) is 9.95. The molecule has 7 heteroatoms. The van der Waals surface area contributed by atoms with E-state index >= 15 is 0 Å². The fourth-order valence-electron chi connectivity index (χ4n) is 2.51. The quantitative estimate of drug-likeness (QED) is 0.547. The third-order valence-corrected chi connectivity index (χ3v) is 3.71. The van der Waals surface area contributed by atoms with Crippen LogP contribution < -0.4 is 20.1 Å². The smallest absolute Gasteiger partial charge is 0.266 e. The molecule has 0 unspecified atom stereocenters. The summed E-state index contributed by atoms with van der Waals surface area (Å²) in [5, 5.41) is 14.8. The van der Waals surface area contributed by atoms with Gasteiger partial charge in [0.05, 0.1) is 13.2 Å². The molecule has 0 spiro atoms. The number of methoxy groups -OCH3 is 1. The topological polar surface area (TPSA) is 100 Å². The Morgan fingerprint density at radius 3 is 2.21 bits per heavy atom. The van der Waals surface area contributed by atoms with Gasteiger partial charge in [0, 0.05) is 23.9 Å². The van der Waals surface area contributed by atoms with Crippen LogP contribution >= 0.6 is 0 Å². The predicted octanol–water partition coefficient (Wildman–Crippen LogP) is 3.99. The van der Waals surface area contributed by atoms with Crippen LogP contribution in [0.3, 0.4) is 0 Å². The van der Waals surface area contributed by atoms with E-state index in [0.29, 0.717) is 28.4 Å². The Labute approximate surface area is 169 Å². The van der Waals surface area contributed by atoms with E-state index in [0.717, 1.165) is 0 Å². The minimum atomic E-state index is -0.557. The van der Waals surface area contributed by atoms with Crippen molar-refractivity contribution >= 4 is 29.3 Å². The molecule has 0 bridgehead atoms. The molecule has 0 aromatic heterocycles. The third kappa shape index (κ3) is 6.11. The normalized spacial score (nSPS) is 10.8. The van der Waals surface area contributed by atoms with Crippen molar-refractivity contribution in [1.29, 1.82) is 5.26 Å². The number of hydrogen-bond donors (Lipinski definition) is 2. The summed E-state index contributed by atoms with van der Waals surface area (Å²) in [6.45, 7) is 5.17. The van der Waals surface area contributed by atoms with E-state index in [1.54, 1.807) is 42.5 Å². The van der Waals surface area contributed by atoms with Gasteiger partial charge in [-0.25, -0.2) is 0 Å². The minimum Gasteiger partial charge on any atom is -0.493 e. The maximum absolute atomic E-state index is 12.6. The maximum Gasteiger partial charge on any atom is 0.266 e. The highest BCUT2D eigenvalue weighted by atomic mass is 16.5. The van der Waals surface area contributed by atoms with E-state index in [4.69, 9.17) is 9.47 Å². The zero-order chi connectivity index (χ0) is 21.4. The highest BCUT2D eigenvalue weighted by molar-refractivity contribution is 6.10. The van der Waals surface area contributed by atoms with E-state index < -0.39 is 5.91 Å². The second-order valence-corrected chi connectivity index (χ2v) is 6.43. The van der Waals surface area contributed by atoms with Crippen LogP contribution in [0, 0.1) is 11.3 Å². The van der Waals surface area contributed by atoms with Gasteiger partial charge in [0.1, 0.15) is 11.6 Å². The van der Waals surface area contributed by atoms with Crippen molar-refractivity contribution in [3.63, 3.8) is 0 Å². The van der Waals surface area contributed by atoms with E-state index in [1.807, 2.05) is 19.9 Å². The monoisotopic (exact) mass is 393 g/mol. The Bertz CT molecular complexity index is 957. The van der Waals surface area contributed by atoms with Gasteiger partial charge in [-0.05, 0) is 50.3 Å². The fourth-order valence-corrected chi connectivity index (χ4v) is 2.51. The SMILES string of the molecule is COc1cccc(/C=C(\C#N)C(=O)Nc2ccc(NC(C)=O)cc2)c1OC(C)C. The zero-order valence-corrected chi connectivity index (χ0v) is 16.8. The molecule has 2 amide bonds. The summed E-state index contributed by atoms with van der Waals surface area (Å²) in [6, 6.07) is 13.8. The lowest BCUT2D eigenvalue weighted by Gasteiger charge is -2.16. The highest BCUT2D eigenvalue weighted by Crippen LogP contribution is 2.33. The van der Waals surface area contributed by atoms with Crippen LogP contribution in [0.15, 0.2) is 48.0 Å². The molecule has 0 saturated carbocycles. The lowest BCUT2D eigenvalue weighted by Crippen LogP contribution is -2.14. The number of nitriles is 1. The van der Waals surface area contributed by atoms with Crippen LogP contribution in [0.1, 0.15) is 26.3 Å². The van der Waals surface area contributed by atoms with Crippen LogP contribution in [0.4, 0.5) is 11.4 Å². The van der Waals surface area contributed by atoms with Crippen molar-refractivity contribution in [2.45, 2.75) is 26.9 Å². The fraction of sp³-hybridized carbons (Fsp3) is 0.227. The van der Waals surface area contributed by atoms with Gasteiger partial charge in [-0.1, -0.05) is 12.1 Å². The molecule has 0 radical (unpaired) electrons. The lowest BCUT2D eigenvalue weighted by molar-refractivity contribution is -0.114. The molecular formula is C22H23N3O4. The molecular weight excluding hydrogens is 370 g/mol. The molecule has 29 heavy (non-hydrogen) atoms. The molecule has 0 aliphatic carbocycles. The maximum atomic E-state index is 12.6. The Kier molecular flexibility index (Phi) is 7.38. The number of amides is 2. The Morgan fingerprint density at radius 2 is 1.69 bits per heavy atom. The van der Waals surface area contributed by atoms with Gasteiger partial charge in [-0.15, -0.1) is 0 Å². The number of rotatable bonds is 7. The molecule has 0 aliphatic heterocycles. The van der Waals surface area contributed by atoms with E-state index in [-0.39, 0.29) is 17.6 Å². The summed E-state index contributed by atoms with van der Waals surface area (Å²) in [5.41, 5.74) is 1.58. The van der Waals surface area contributed by atoms with Crippen molar-refractivity contribution in [1.82, 2.24) is 0 Å². The molecule has 0 aliphatic rings. The predicted molar refractivity (Wildman–Crippen MR) is 112 cm³/mol. The van der Waals surface area contributed by atoms with Gasteiger partial charge in [-0.3, -0.25) is 9.59 Å². The van der Waals surface area contributed by atoms with Gasteiger partial charge in [0.2, 0.25) is 5.91 Å². The molecule has 0 saturated heterocycles. The standard InChI is InChI=1S/C22H23N3O4/c1-14(2)29-21-16(6-5-7-20(21)28-4)12-17(13-23)22(27)25-19-10-8-18(9-11-19)24-15(3)26/h5-12,14H,1-4H3,(H,24,26)(H,25,27)/b17-12+. The lowest BCUT2D eigenvalue weighted by atomic mass is 10.1. The molecule has 0 atom stereocenters. The molecule has 2 aromatic rings. The number of ether oxygens (including phenoxy) is 2. The molecule has 0 fully saturated rings. The molecule has 150 valence electrons. The molecule has 2 aromatic carbocycles. The summed E-state index contributed by atoms with van der Waals surface area (Å²) < 4.78 is 11.1. The number of hydrogen-bond acceptors (Lipinski definition) is 5. The second-order valence-electron chi connectivity index (χ2n) is 6.43. The average molecular weight is 393 g/mol. The first kappa shape index (κ1) is 21.5. The van der Waals surface area contributed by atoms with Crippen LogP contribution in [0.5, 0.6) is 11.5 Å². The molecule has 2 rings (SSSR count). The van der Waals surface area contributed by atoms with Gasteiger partial charge in [0.15, 0.2) is 11.5 Å². The first-order chi connectivity index (χ1) is 13.8. The number of anilines is 2. The summed E-state index contributed by atoms with van der Waals surface area (Å²) in [5.74, 6) is 0.233. The number of benzene rings is 2. The Morgan fingerprint density at radius 1 is 1.07 bits per heavy atom. The van der Waals surface area contributed by atoms with Crippen molar-refractivity contribution in [2.75, 3.05) is 17.7 Å². The summed E-state index contributed by atoms with van der Waals surface area (Å²) in [4.78, 5) is 23.6. The summed E-state index contributed by atoms with van der Waals surface area (Å²) in [6.07, 6.45) is 1.35. The Hall–Kier alpha value is -3.79. The first-order valence-corrected chi connectivity index (χ1v) is 8.98. The molecule has 0 heterocycles. The van der Waals surface area contributed by atoms with Crippen LogP contribution in [0.2, 0.25) is 0 Å². The van der Waals surface area contributed by atoms with Gasteiger partial charge in [0.25, 0.3) is 5.91 Å². The highest BCUT2D eigenvalue weighted by Gasteiger charge is 2.15. The number of carbonyl (C=O) groups excluding carboxylic acids is 2. The third-order valence-electron chi connectivity index (χ3n) is 3.71. The van der Waals surface area contributed by atoms with Crippen LogP contribution in [-0.4, -0.2) is 25.0 Å². The van der Waals surface area contributed by atoms with E-state index in [1.165, 1.54) is 20.1 Å². The van der Waals surface area contributed by atoms with E-state index in [9.17, 15) is 14.9 Å². The van der Waals surface area contributed by atoms with Crippen molar-refractivity contribution in [3.8, 4) is 17.6 Å². The summed E-state index contributed by atoms with van der Waals surface area (Å²) in [7, 11) is 1.53. The number of para-hydroxylation sites is 1. The zero-order valence-electron chi connectivity index (χ0n) is 16.8. The molecule has 2 N–H and O–H groups in total. The van der Waals surface area contributed by atoms with Crippen molar-refractivity contribution in [3.05, 3.63) is 53.6 Å². The van der Waals surface area contributed by atoms with Crippen molar-refractivity contribution in [2.24, 2.45) is 0 Å². The van der Waals surface area contributed by atoms with E-state index in [2.05, 4.69) is 10.6 Å². The minimum absolute atomic E-state index is 0.0854. The number of nitrogens with zero attached hydrogens (tertiary/aromatic N) is 1. The number of nitrogens with one attached hydrogen (secondary N) is 2. The van der Waals surface area contributed by atoms with Gasteiger partial charge < -0.3 is 20.1 Å². The molecule has 7 nitrogen and oxygen atoms in total. The first-order valence-electron chi connectivity index (χ1n) is 8.98.